The van der Waals surface area contributed by atoms with Gasteiger partial charge in [-0.1, -0.05) is 25.4 Å². The summed E-state index contributed by atoms with van der Waals surface area (Å²) in [6.45, 7) is 6.33. The zero-order chi connectivity index (χ0) is 11.6. The lowest BCUT2D eigenvalue weighted by Crippen LogP contribution is -2.25. The molecule has 0 aliphatic rings. The number of halogens is 1. The van der Waals surface area contributed by atoms with Gasteiger partial charge in [-0.25, -0.2) is 0 Å². The molecule has 0 aliphatic heterocycles. The van der Waals surface area contributed by atoms with E-state index in [9.17, 15) is 0 Å². The fourth-order valence-corrected chi connectivity index (χ4v) is 2.11. The highest BCUT2D eigenvalue weighted by molar-refractivity contribution is 6.30. The lowest BCUT2D eigenvalue weighted by Gasteiger charge is -2.13. The minimum atomic E-state index is 0.172. The minimum absolute atomic E-state index is 0.172. The van der Waals surface area contributed by atoms with Crippen molar-refractivity contribution in [1.29, 1.82) is 0 Å². The molecule has 1 rings (SSSR count). The van der Waals surface area contributed by atoms with E-state index in [1.807, 2.05) is 14.0 Å². The van der Waals surface area contributed by atoms with Crippen molar-refractivity contribution in [1.82, 2.24) is 9.78 Å². The summed E-state index contributed by atoms with van der Waals surface area (Å²) in [5.74, 6) is 0.621. The number of aryl methyl sites for hydroxylation is 2. The maximum absolute atomic E-state index is 6.14. The Hall–Kier alpha value is -0.540. The number of hydrogen-bond acceptors (Lipinski definition) is 2. The fourth-order valence-electron chi connectivity index (χ4n) is 1.86. The maximum atomic E-state index is 6.14. The molecule has 0 aliphatic carbocycles. The second-order valence-electron chi connectivity index (χ2n) is 4.57. The first-order valence-corrected chi connectivity index (χ1v) is 5.73. The van der Waals surface area contributed by atoms with Gasteiger partial charge in [-0.05, 0) is 25.7 Å². The van der Waals surface area contributed by atoms with Gasteiger partial charge in [0.05, 0.1) is 5.69 Å². The Morgan fingerprint density at radius 3 is 2.47 bits per heavy atom. The van der Waals surface area contributed by atoms with Crippen molar-refractivity contribution >= 4 is 11.6 Å². The molecule has 1 aromatic rings. The lowest BCUT2D eigenvalue weighted by molar-refractivity contribution is 0.493. The highest BCUT2D eigenvalue weighted by Gasteiger charge is 2.15. The monoisotopic (exact) mass is 229 g/mol. The van der Waals surface area contributed by atoms with Gasteiger partial charge in [0, 0.05) is 18.7 Å². The van der Waals surface area contributed by atoms with Crippen LogP contribution in [-0.2, 0) is 13.5 Å². The molecular formula is C11H20ClN3. The molecule has 2 N–H and O–H groups in total. The van der Waals surface area contributed by atoms with E-state index in [0.717, 1.165) is 24.1 Å². The highest BCUT2D eigenvalue weighted by Crippen LogP contribution is 2.21. The van der Waals surface area contributed by atoms with Crippen molar-refractivity contribution in [3.8, 4) is 0 Å². The Morgan fingerprint density at radius 2 is 2.07 bits per heavy atom. The summed E-state index contributed by atoms with van der Waals surface area (Å²) >= 11 is 6.14. The van der Waals surface area contributed by atoms with Crippen molar-refractivity contribution in [3.63, 3.8) is 0 Å². The molecule has 0 bridgehead atoms. The summed E-state index contributed by atoms with van der Waals surface area (Å²) in [6, 6.07) is 0.172. The lowest BCUT2D eigenvalue weighted by atomic mass is 9.98. The quantitative estimate of drug-likeness (QED) is 0.861. The Bertz CT molecular complexity index is 331. The van der Waals surface area contributed by atoms with Crippen molar-refractivity contribution in [2.24, 2.45) is 18.7 Å². The molecule has 0 radical (unpaired) electrons. The SMILES string of the molecule is Cc1nn(C)c(Cl)c1CC(N)CC(C)C. The minimum Gasteiger partial charge on any atom is -0.327 e. The van der Waals surface area contributed by atoms with Crippen molar-refractivity contribution in [2.45, 2.75) is 39.7 Å². The molecule has 1 atom stereocenters. The van der Waals surface area contributed by atoms with E-state index < -0.39 is 0 Å². The van der Waals surface area contributed by atoms with Crippen LogP contribution in [0.4, 0.5) is 0 Å². The second kappa shape index (κ2) is 4.99. The molecule has 0 saturated carbocycles. The second-order valence-corrected chi connectivity index (χ2v) is 4.93. The van der Waals surface area contributed by atoms with Crippen LogP contribution in [-0.4, -0.2) is 15.8 Å². The van der Waals surface area contributed by atoms with Gasteiger partial charge in [0.2, 0.25) is 0 Å². The van der Waals surface area contributed by atoms with E-state index in [4.69, 9.17) is 17.3 Å². The molecular weight excluding hydrogens is 210 g/mol. The van der Waals surface area contributed by atoms with Crippen LogP contribution in [0.5, 0.6) is 0 Å². The number of nitrogens with zero attached hydrogens (tertiary/aromatic N) is 2. The van der Waals surface area contributed by atoms with Crippen molar-refractivity contribution in [2.75, 3.05) is 0 Å². The Balaban J connectivity index is 2.71. The predicted molar refractivity (Wildman–Crippen MR) is 64.1 cm³/mol. The molecule has 15 heavy (non-hydrogen) atoms. The zero-order valence-electron chi connectivity index (χ0n) is 9.92. The first-order chi connectivity index (χ1) is 6.91. The zero-order valence-corrected chi connectivity index (χ0v) is 10.7. The van der Waals surface area contributed by atoms with E-state index in [0.29, 0.717) is 11.1 Å². The summed E-state index contributed by atoms with van der Waals surface area (Å²) in [5.41, 5.74) is 8.14. The van der Waals surface area contributed by atoms with Gasteiger partial charge in [0.25, 0.3) is 0 Å². The smallest absolute Gasteiger partial charge is 0.130 e. The first-order valence-electron chi connectivity index (χ1n) is 5.35. The van der Waals surface area contributed by atoms with Gasteiger partial charge in [-0.15, -0.1) is 0 Å². The molecule has 0 spiro atoms. The van der Waals surface area contributed by atoms with Gasteiger partial charge in [-0.2, -0.15) is 5.10 Å². The molecule has 0 amide bonds. The van der Waals surface area contributed by atoms with Gasteiger partial charge in [0.1, 0.15) is 5.15 Å². The summed E-state index contributed by atoms with van der Waals surface area (Å²) in [6.07, 6.45) is 1.83. The predicted octanol–water partition coefficient (Wildman–Crippen LogP) is 2.30. The van der Waals surface area contributed by atoms with Crippen LogP contribution in [0.15, 0.2) is 0 Å². The third kappa shape index (κ3) is 3.21. The molecule has 86 valence electrons. The third-order valence-electron chi connectivity index (χ3n) is 2.51. The van der Waals surface area contributed by atoms with Gasteiger partial charge in [-0.3, -0.25) is 4.68 Å². The molecule has 4 heteroatoms. The van der Waals surface area contributed by atoms with E-state index in [1.165, 1.54) is 0 Å². The Labute approximate surface area is 96.6 Å². The van der Waals surface area contributed by atoms with Crippen LogP contribution >= 0.6 is 11.6 Å². The number of hydrogen-bond donors (Lipinski definition) is 1. The molecule has 0 aromatic carbocycles. The molecule has 0 saturated heterocycles. The van der Waals surface area contributed by atoms with Crippen LogP contribution in [0, 0.1) is 12.8 Å². The summed E-state index contributed by atoms with van der Waals surface area (Å²) in [7, 11) is 1.85. The van der Waals surface area contributed by atoms with Gasteiger partial charge < -0.3 is 5.73 Å². The average molecular weight is 230 g/mol. The van der Waals surface area contributed by atoms with Gasteiger partial charge >= 0.3 is 0 Å². The van der Waals surface area contributed by atoms with E-state index in [-0.39, 0.29) is 6.04 Å². The van der Waals surface area contributed by atoms with Crippen molar-refractivity contribution in [3.05, 3.63) is 16.4 Å². The maximum Gasteiger partial charge on any atom is 0.130 e. The highest BCUT2D eigenvalue weighted by atomic mass is 35.5. The van der Waals surface area contributed by atoms with Crippen LogP contribution in [0.1, 0.15) is 31.5 Å². The average Bonchev–Trinajstić information content (AvgIpc) is 2.31. The first kappa shape index (κ1) is 12.5. The van der Waals surface area contributed by atoms with Gasteiger partial charge in [0.15, 0.2) is 0 Å². The molecule has 3 nitrogen and oxygen atoms in total. The number of rotatable bonds is 4. The molecule has 1 unspecified atom stereocenters. The van der Waals surface area contributed by atoms with E-state index >= 15 is 0 Å². The van der Waals surface area contributed by atoms with Crippen molar-refractivity contribution < 1.29 is 0 Å². The molecule has 1 heterocycles. The summed E-state index contributed by atoms with van der Waals surface area (Å²) in [5, 5.41) is 4.99. The standard InChI is InChI=1S/C11H20ClN3/c1-7(2)5-9(13)6-10-8(3)14-15(4)11(10)12/h7,9H,5-6,13H2,1-4H3. The summed E-state index contributed by atoms with van der Waals surface area (Å²) in [4.78, 5) is 0. The normalized spacial score (nSPS) is 13.5. The molecule has 1 aromatic heterocycles. The molecule has 0 fully saturated rings. The van der Waals surface area contributed by atoms with E-state index in [1.54, 1.807) is 4.68 Å². The Kier molecular flexibility index (Phi) is 4.17. The third-order valence-corrected chi connectivity index (χ3v) is 2.98. The van der Waals surface area contributed by atoms with Crippen LogP contribution in [0.2, 0.25) is 5.15 Å². The summed E-state index contributed by atoms with van der Waals surface area (Å²) < 4.78 is 1.70. The van der Waals surface area contributed by atoms with Crippen LogP contribution in [0.3, 0.4) is 0 Å². The Morgan fingerprint density at radius 1 is 1.47 bits per heavy atom. The topological polar surface area (TPSA) is 43.8 Å². The number of aromatic nitrogens is 2. The largest absolute Gasteiger partial charge is 0.327 e. The van der Waals surface area contributed by atoms with Crippen LogP contribution in [0.25, 0.3) is 0 Å². The fraction of sp³-hybridized carbons (Fsp3) is 0.727. The van der Waals surface area contributed by atoms with E-state index in [2.05, 4.69) is 18.9 Å². The van der Waals surface area contributed by atoms with Crippen LogP contribution < -0.4 is 5.73 Å². The number of nitrogens with two attached hydrogens (primary N) is 1.